The van der Waals surface area contributed by atoms with Crippen LogP contribution in [0.5, 0.6) is 0 Å². The van der Waals surface area contributed by atoms with Gasteiger partial charge in [-0.3, -0.25) is 14.4 Å². The maximum atomic E-state index is 12.8. The third-order valence-electron chi connectivity index (χ3n) is 7.71. The van der Waals surface area contributed by atoms with Crippen molar-refractivity contribution < 1.29 is 29.0 Å². The molecule has 0 saturated carbocycles. The van der Waals surface area contributed by atoms with Crippen molar-refractivity contribution in [1.29, 1.82) is 0 Å². The minimum absolute atomic E-state index is 0.00389. The Bertz CT molecular complexity index is 805. The molecule has 1 fully saturated rings. The van der Waals surface area contributed by atoms with Crippen LogP contribution in [-0.4, -0.2) is 54.5 Å². The van der Waals surface area contributed by atoms with Crippen LogP contribution in [0.15, 0.2) is 12.2 Å². The van der Waals surface area contributed by atoms with Gasteiger partial charge in [-0.05, 0) is 58.8 Å². The second kappa shape index (κ2) is 17.8. The molecule has 3 N–H and O–H groups in total. The van der Waals surface area contributed by atoms with Crippen molar-refractivity contribution in [3.8, 4) is 0 Å². The molecule has 1 rings (SSSR count). The number of carboxylic acid groups (broad SMARTS) is 1. The van der Waals surface area contributed by atoms with E-state index in [1.54, 1.807) is 13.8 Å². The molecule has 0 aromatic rings. The van der Waals surface area contributed by atoms with Crippen LogP contribution in [0, 0.1) is 16.7 Å². The van der Waals surface area contributed by atoms with Crippen molar-refractivity contribution in [3.05, 3.63) is 12.2 Å². The summed E-state index contributed by atoms with van der Waals surface area (Å²) in [7, 11) is 0. The molecule has 1 aliphatic heterocycles. The van der Waals surface area contributed by atoms with Crippen LogP contribution in [-0.2, 0) is 23.9 Å². The maximum Gasteiger partial charge on any atom is 0.308 e. The molecule has 8 nitrogen and oxygen atoms in total. The average molecular weight is 567 g/mol. The lowest BCUT2D eigenvalue weighted by Gasteiger charge is -2.44. The van der Waals surface area contributed by atoms with Gasteiger partial charge in [0.25, 0.3) is 0 Å². The highest BCUT2D eigenvalue weighted by atomic mass is 16.7. The van der Waals surface area contributed by atoms with Gasteiger partial charge in [-0.1, -0.05) is 78.9 Å². The van der Waals surface area contributed by atoms with Crippen molar-refractivity contribution >= 4 is 17.8 Å². The Labute approximate surface area is 243 Å². The lowest BCUT2D eigenvalue weighted by Crippen LogP contribution is -2.57. The second-order valence-electron chi connectivity index (χ2n) is 13.2. The highest BCUT2D eigenvalue weighted by Gasteiger charge is 2.45. The molecule has 1 heterocycles. The predicted octanol–water partition coefficient (Wildman–Crippen LogP) is 6.38. The number of ether oxygens (including phenoxy) is 2. The summed E-state index contributed by atoms with van der Waals surface area (Å²) in [5.41, 5.74) is -0.982. The van der Waals surface area contributed by atoms with E-state index < -0.39 is 34.6 Å². The molecule has 2 unspecified atom stereocenters. The molecule has 0 aromatic carbocycles. The Hall–Kier alpha value is -1.93. The summed E-state index contributed by atoms with van der Waals surface area (Å²) >= 11 is 0. The number of carbonyl (C=O) groups is 3. The van der Waals surface area contributed by atoms with Gasteiger partial charge in [0.15, 0.2) is 5.79 Å². The van der Waals surface area contributed by atoms with Gasteiger partial charge in [0.2, 0.25) is 11.8 Å². The maximum absolute atomic E-state index is 12.8. The van der Waals surface area contributed by atoms with Crippen LogP contribution in [0.4, 0.5) is 0 Å². The van der Waals surface area contributed by atoms with Gasteiger partial charge >= 0.3 is 5.97 Å². The largest absolute Gasteiger partial charge is 0.481 e. The number of amides is 2. The fourth-order valence-corrected chi connectivity index (χ4v) is 4.78. The Balaban J connectivity index is 2.30. The number of allylic oxidation sites excluding steroid dienone is 2. The Morgan fingerprint density at radius 1 is 0.950 bits per heavy atom. The third-order valence-corrected chi connectivity index (χ3v) is 7.71. The molecule has 0 radical (unpaired) electrons. The molecular formula is C32H58N2O6. The zero-order valence-electron chi connectivity index (χ0n) is 26.4. The number of unbranched alkanes of at least 4 members (excludes halogenated alkanes) is 7. The number of aliphatic carboxylic acids is 1. The first-order valence-electron chi connectivity index (χ1n) is 15.5. The SMILES string of the molecule is CCCCCC=CCCCCCCC(C)(C)C(=O)NCCCC(CNC(=O)C1OC(C)(C)OCC1(C)C)C(=O)O. The zero-order chi connectivity index (χ0) is 30.2. The van der Waals surface area contributed by atoms with Gasteiger partial charge < -0.3 is 25.2 Å². The molecule has 1 aliphatic rings. The summed E-state index contributed by atoms with van der Waals surface area (Å²) in [5.74, 6) is -2.91. The number of hydrogen-bond donors (Lipinski definition) is 3. The molecular weight excluding hydrogens is 508 g/mol. The highest BCUT2D eigenvalue weighted by Crippen LogP contribution is 2.35. The normalized spacial score (nSPS) is 19.3. The number of nitrogens with one attached hydrogen (secondary N) is 2. The van der Waals surface area contributed by atoms with Gasteiger partial charge in [-0.2, -0.15) is 0 Å². The minimum Gasteiger partial charge on any atom is -0.481 e. The van der Waals surface area contributed by atoms with Crippen molar-refractivity contribution in [2.75, 3.05) is 19.7 Å². The third kappa shape index (κ3) is 14.1. The van der Waals surface area contributed by atoms with Crippen molar-refractivity contribution in [2.24, 2.45) is 16.7 Å². The van der Waals surface area contributed by atoms with Gasteiger partial charge in [0.1, 0.15) is 6.10 Å². The number of hydrogen-bond acceptors (Lipinski definition) is 5. The van der Waals surface area contributed by atoms with Crippen molar-refractivity contribution in [2.45, 2.75) is 137 Å². The number of rotatable bonds is 20. The molecule has 2 amide bonds. The Kier molecular flexibility index (Phi) is 16.1. The van der Waals surface area contributed by atoms with E-state index in [9.17, 15) is 19.5 Å². The van der Waals surface area contributed by atoms with Crippen LogP contribution in [0.1, 0.15) is 126 Å². The molecule has 0 bridgehead atoms. The van der Waals surface area contributed by atoms with Crippen molar-refractivity contribution in [1.82, 2.24) is 10.6 Å². The first kappa shape index (κ1) is 36.1. The smallest absolute Gasteiger partial charge is 0.308 e. The average Bonchev–Trinajstić information content (AvgIpc) is 2.87. The molecule has 8 heteroatoms. The molecule has 1 saturated heterocycles. The minimum atomic E-state index is -0.966. The molecule has 0 spiro atoms. The lowest BCUT2D eigenvalue weighted by atomic mass is 9.85. The molecule has 232 valence electrons. The van der Waals surface area contributed by atoms with E-state index in [0.29, 0.717) is 26.0 Å². The first-order chi connectivity index (χ1) is 18.7. The van der Waals surface area contributed by atoms with Gasteiger partial charge in [-0.25, -0.2) is 0 Å². The van der Waals surface area contributed by atoms with Gasteiger partial charge in [-0.15, -0.1) is 0 Å². The summed E-state index contributed by atoms with van der Waals surface area (Å²) in [6, 6.07) is 0. The molecule has 40 heavy (non-hydrogen) atoms. The van der Waals surface area contributed by atoms with E-state index in [1.807, 2.05) is 27.7 Å². The van der Waals surface area contributed by atoms with Crippen LogP contribution in [0.3, 0.4) is 0 Å². The Morgan fingerprint density at radius 2 is 1.57 bits per heavy atom. The van der Waals surface area contributed by atoms with Gasteiger partial charge in [0.05, 0.1) is 12.5 Å². The molecule has 0 aliphatic carbocycles. The van der Waals surface area contributed by atoms with Crippen LogP contribution < -0.4 is 10.6 Å². The predicted molar refractivity (Wildman–Crippen MR) is 160 cm³/mol. The summed E-state index contributed by atoms with van der Waals surface area (Å²) in [5, 5.41) is 15.4. The van der Waals surface area contributed by atoms with E-state index in [4.69, 9.17) is 9.47 Å². The van der Waals surface area contributed by atoms with Crippen LogP contribution in [0.25, 0.3) is 0 Å². The van der Waals surface area contributed by atoms with Crippen LogP contribution >= 0.6 is 0 Å². The second-order valence-corrected chi connectivity index (χ2v) is 13.2. The van der Waals surface area contributed by atoms with E-state index in [-0.39, 0.29) is 18.4 Å². The fourth-order valence-electron chi connectivity index (χ4n) is 4.78. The monoisotopic (exact) mass is 566 g/mol. The number of carboxylic acids is 1. The zero-order valence-corrected chi connectivity index (χ0v) is 26.4. The van der Waals surface area contributed by atoms with Gasteiger partial charge in [0, 0.05) is 23.9 Å². The van der Waals surface area contributed by atoms with E-state index in [0.717, 1.165) is 25.7 Å². The van der Waals surface area contributed by atoms with Crippen molar-refractivity contribution in [3.63, 3.8) is 0 Å². The highest BCUT2D eigenvalue weighted by molar-refractivity contribution is 5.82. The fraction of sp³-hybridized carbons (Fsp3) is 0.844. The number of carbonyl (C=O) groups excluding carboxylic acids is 2. The standard InChI is InChI=1S/C32H58N2O6/c1-8-9-10-11-12-13-14-15-16-17-18-21-30(2,3)29(38)33-22-19-20-25(28(36)37)23-34-27(35)26-31(4,5)24-39-32(6,7)40-26/h12-13,25-26H,8-11,14-24H2,1-7H3,(H,33,38)(H,34,35)(H,36,37). The lowest BCUT2D eigenvalue weighted by molar-refractivity contribution is -0.304. The van der Waals surface area contributed by atoms with Crippen LogP contribution in [0.2, 0.25) is 0 Å². The first-order valence-corrected chi connectivity index (χ1v) is 15.5. The summed E-state index contributed by atoms with van der Waals surface area (Å²) < 4.78 is 11.5. The quantitative estimate of drug-likeness (QED) is 0.116. The topological polar surface area (TPSA) is 114 Å². The summed E-state index contributed by atoms with van der Waals surface area (Å²) in [6.45, 7) is 14.3. The van der Waals surface area contributed by atoms with E-state index in [1.165, 1.54) is 38.5 Å². The summed E-state index contributed by atoms with van der Waals surface area (Å²) in [6.07, 6.45) is 16.3. The molecule has 2 atom stereocenters. The van der Waals surface area contributed by atoms with E-state index in [2.05, 4.69) is 29.7 Å². The summed E-state index contributed by atoms with van der Waals surface area (Å²) in [4.78, 5) is 37.4. The Morgan fingerprint density at radius 3 is 2.20 bits per heavy atom. The molecule has 0 aromatic heterocycles. The van der Waals surface area contributed by atoms with E-state index >= 15 is 0 Å².